The lowest BCUT2D eigenvalue weighted by molar-refractivity contribution is -0.161. The number of Topliss-reactive ketones (excluding diaryl/α,β-unsaturated/α-hetero) is 1. The van der Waals surface area contributed by atoms with Crippen molar-refractivity contribution in [2.24, 2.45) is 0 Å². The van der Waals surface area contributed by atoms with Gasteiger partial charge in [0.25, 0.3) is 0 Å². The zero-order chi connectivity index (χ0) is 26.0. The highest BCUT2D eigenvalue weighted by Crippen LogP contribution is 2.37. The van der Waals surface area contributed by atoms with Crippen LogP contribution < -0.4 is 10.6 Å². The molecule has 1 fully saturated rings. The van der Waals surface area contributed by atoms with Gasteiger partial charge in [-0.3, -0.25) is 14.9 Å². The second kappa shape index (κ2) is 9.78. The van der Waals surface area contributed by atoms with Crippen LogP contribution in [0.25, 0.3) is 11.1 Å². The molecule has 35 heavy (non-hydrogen) atoms. The summed E-state index contributed by atoms with van der Waals surface area (Å²) in [6, 6.07) is 10.5. The minimum Gasteiger partial charge on any atom is -0.336 e. The van der Waals surface area contributed by atoms with Crippen LogP contribution in [0.3, 0.4) is 0 Å². The number of ketones is 1. The first-order valence-electron chi connectivity index (χ1n) is 11.2. The number of nitriles is 1. The number of carbonyl (C=O) groups excluding carboxylic acids is 2. The van der Waals surface area contributed by atoms with Crippen LogP contribution in [-0.4, -0.2) is 35.1 Å². The van der Waals surface area contributed by atoms with Gasteiger partial charge in [-0.1, -0.05) is 48.5 Å². The molecule has 0 heterocycles. The predicted octanol–water partition coefficient (Wildman–Crippen LogP) is 5.43. The molecule has 0 spiro atoms. The molecule has 9 heteroatoms. The van der Waals surface area contributed by atoms with Gasteiger partial charge in [-0.25, -0.2) is 4.39 Å². The summed E-state index contributed by atoms with van der Waals surface area (Å²) in [4.78, 5) is 24.2. The second-order valence-corrected chi connectivity index (χ2v) is 9.56. The van der Waals surface area contributed by atoms with Crippen molar-refractivity contribution in [1.29, 1.82) is 5.26 Å². The number of hydrogen-bond donors (Lipinski definition) is 2. The highest BCUT2D eigenvalue weighted by Gasteiger charge is 2.48. The molecule has 1 amide bonds. The van der Waals surface area contributed by atoms with Gasteiger partial charge in [0.2, 0.25) is 5.91 Å². The molecule has 3 rings (SSSR count). The lowest BCUT2D eigenvalue weighted by atomic mass is 9.96. The van der Waals surface area contributed by atoms with Crippen molar-refractivity contribution in [3.8, 4) is 17.2 Å². The van der Waals surface area contributed by atoms with Gasteiger partial charge in [0.05, 0.1) is 12.1 Å². The number of benzene rings is 2. The summed E-state index contributed by atoms with van der Waals surface area (Å²) in [6.07, 6.45) is -4.47. The van der Waals surface area contributed by atoms with Gasteiger partial charge < -0.3 is 5.32 Å². The Morgan fingerprint density at radius 1 is 1.00 bits per heavy atom. The van der Waals surface area contributed by atoms with Crippen LogP contribution in [0.4, 0.5) is 17.6 Å². The van der Waals surface area contributed by atoms with E-state index in [1.54, 1.807) is 24.3 Å². The molecule has 5 nitrogen and oxygen atoms in total. The van der Waals surface area contributed by atoms with Gasteiger partial charge in [-0.2, -0.15) is 18.4 Å². The molecule has 0 unspecified atom stereocenters. The highest BCUT2D eigenvalue weighted by molar-refractivity contribution is 5.94. The smallest absolute Gasteiger partial charge is 0.336 e. The molecule has 0 radical (unpaired) electrons. The Labute approximate surface area is 201 Å². The summed E-state index contributed by atoms with van der Waals surface area (Å²) < 4.78 is 56.6. The fourth-order valence-electron chi connectivity index (χ4n) is 3.77. The van der Waals surface area contributed by atoms with Crippen LogP contribution >= 0.6 is 0 Å². The number of nitrogens with one attached hydrogen (secondary N) is 2. The topological polar surface area (TPSA) is 82.0 Å². The molecule has 1 aliphatic rings. The van der Waals surface area contributed by atoms with Gasteiger partial charge in [0.15, 0.2) is 5.78 Å². The quantitative estimate of drug-likeness (QED) is 0.364. The Bertz CT molecular complexity index is 1110. The van der Waals surface area contributed by atoms with Crippen molar-refractivity contribution in [1.82, 2.24) is 10.6 Å². The third-order valence-electron chi connectivity index (χ3n) is 5.90. The average molecular weight is 490 g/mol. The molecule has 2 aromatic carbocycles. The van der Waals surface area contributed by atoms with Gasteiger partial charge in [0, 0.05) is 12.0 Å². The van der Waals surface area contributed by atoms with Gasteiger partial charge >= 0.3 is 6.18 Å². The third kappa shape index (κ3) is 6.89. The molecule has 2 N–H and O–H groups in total. The minimum absolute atomic E-state index is 0.0941. The summed E-state index contributed by atoms with van der Waals surface area (Å²) in [5.74, 6) is -0.936. The number of carbonyl (C=O) groups is 2. The molecular formula is C26H27F4N3O2. The molecule has 0 bridgehead atoms. The van der Waals surface area contributed by atoms with E-state index in [0.717, 1.165) is 5.56 Å². The van der Waals surface area contributed by atoms with Crippen molar-refractivity contribution < 1.29 is 27.2 Å². The Balaban J connectivity index is 1.85. The SMILES string of the molecule is CC(=O)c1ccc(-c2ccc([C@H](N[C@@H](CC(C)(C)F)C(=O)NC3(C#N)CC3)C(F)(F)F)cc2)cc1. The standard InChI is InChI=1S/C26H27F4N3O2/c1-16(34)17-4-6-18(7-5-17)19-8-10-20(11-9-19)22(26(28,29)30)32-21(14-24(2,3)27)23(35)33-25(15-31)12-13-25/h4-11,21-22,32H,12-14H2,1-3H3,(H,33,35)/t21-,22-/m0/s1. The van der Waals surface area contributed by atoms with Crippen LogP contribution in [0, 0.1) is 11.3 Å². The van der Waals surface area contributed by atoms with Gasteiger partial charge in [-0.05, 0) is 50.3 Å². The monoisotopic (exact) mass is 489 g/mol. The number of halogens is 4. The number of rotatable bonds is 9. The molecule has 186 valence electrons. The number of hydrogen-bond acceptors (Lipinski definition) is 4. The Kier molecular flexibility index (Phi) is 7.37. The fraction of sp³-hybridized carbons (Fsp3) is 0.423. The first-order chi connectivity index (χ1) is 16.2. The molecule has 1 aliphatic carbocycles. The molecule has 0 aliphatic heterocycles. The Morgan fingerprint density at radius 2 is 1.51 bits per heavy atom. The van der Waals surface area contributed by atoms with E-state index in [2.05, 4.69) is 10.6 Å². The van der Waals surface area contributed by atoms with Crippen LogP contribution in [0.2, 0.25) is 0 Å². The largest absolute Gasteiger partial charge is 0.407 e. The van der Waals surface area contributed by atoms with E-state index >= 15 is 0 Å². The van der Waals surface area contributed by atoms with Crippen molar-refractivity contribution in [2.45, 2.75) is 69.5 Å². The van der Waals surface area contributed by atoms with E-state index in [-0.39, 0.29) is 11.3 Å². The van der Waals surface area contributed by atoms with Gasteiger partial charge in [0.1, 0.15) is 17.2 Å². The van der Waals surface area contributed by atoms with Crippen LogP contribution in [-0.2, 0) is 4.79 Å². The molecule has 1 saturated carbocycles. The van der Waals surface area contributed by atoms with Crippen LogP contribution in [0.5, 0.6) is 0 Å². The first-order valence-corrected chi connectivity index (χ1v) is 11.2. The van der Waals surface area contributed by atoms with Gasteiger partial charge in [-0.15, -0.1) is 0 Å². The van der Waals surface area contributed by atoms with E-state index in [4.69, 9.17) is 0 Å². The van der Waals surface area contributed by atoms with Crippen LogP contribution in [0.15, 0.2) is 48.5 Å². The van der Waals surface area contributed by atoms with Crippen molar-refractivity contribution in [3.05, 3.63) is 59.7 Å². The zero-order valence-electron chi connectivity index (χ0n) is 19.7. The average Bonchev–Trinajstić information content (AvgIpc) is 3.55. The molecular weight excluding hydrogens is 462 g/mol. The first kappa shape index (κ1) is 26.4. The zero-order valence-corrected chi connectivity index (χ0v) is 19.7. The molecule has 2 atom stereocenters. The Hall–Kier alpha value is -3.25. The fourth-order valence-corrected chi connectivity index (χ4v) is 3.77. The molecule has 2 aromatic rings. The summed E-state index contributed by atoms with van der Waals surface area (Å²) in [7, 11) is 0. The maximum absolute atomic E-state index is 14.4. The molecule has 0 saturated heterocycles. The highest BCUT2D eigenvalue weighted by atomic mass is 19.4. The summed E-state index contributed by atoms with van der Waals surface area (Å²) in [5, 5.41) is 14.0. The van der Waals surface area contributed by atoms with Crippen molar-refractivity contribution in [2.75, 3.05) is 0 Å². The van der Waals surface area contributed by atoms with E-state index in [0.29, 0.717) is 24.0 Å². The maximum Gasteiger partial charge on any atom is 0.407 e. The summed E-state index contributed by atoms with van der Waals surface area (Å²) in [6.45, 7) is 3.80. The molecule has 0 aromatic heterocycles. The number of nitrogens with zero attached hydrogens (tertiary/aromatic N) is 1. The van der Waals surface area contributed by atoms with Crippen LogP contribution in [0.1, 0.15) is 62.0 Å². The number of amides is 1. The van der Waals surface area contributed by atoms with E-state index in [1.807, 2.05) is 6.07 Å². The third-order valence-corrected chi connectivity index (χ3v) is 5.90. The lowest BCUT2D eigenvalue weighted by Crippen LogP contribution is -2.53. The second-order valence-electron chi connectivity index (χ2n) is 9.56. The summed E-state index contributed by atoms with van der Waals surface area (Å²) in [5.41, 5.74) is -1.27. The lowest BCUT2D eigenvalue weighted by Gasteiger charge is -2.30. The number of alkyl halides is 4. The van der Waals surface area contributed by atoms with E-state index in [1.165, 1.54) is 45.0 Å². The Morgan fingerprint density at radius 3 is 1.91 bits per heavy atom. The minimum atomic E-state index is -4.77. The predicted molar refractivity (Wildman–Crippen MR) is 123 cm³/mol. The maximum atomic E-state index is 14.4. The van der Waals surface area contributed by atoms with E-state index < -0.39 is 41.8 Å². The van der Waals surface area contributed by atoms with E-state index in [9.17, 15) is 32.4 Å². The summed E-state index contributed by atoms with van der Waals surface area (Å²) >= 11 is 0. The normalized spacial score (nSPS) is 16.6. The van der Waals surface area contributed by atoms with Crippen molar-refractivity contribution >= 4 is 11.7 Å². The van der Waals surface area contributed by atoms with Crippen molar-refractivity contribution in [3.63, 3.8) is 0 Å².